The summed E-state index contributed by atoms with van der Waals surface area (Å²) in [5, 5.41) is 10.9. The van der Waals surface area contributed by atoms with Crippen LogP contribution in [0.1, 0.15) is 11.1 Å². The molecule has 0 saturated carbocycles. The maximum absolute atomic E-state index is 13.7. The lowest BCUT2D eigenvalue weighted by molar-refractivity contribution is 0.300. The summed E-state index contributed by atoms with van der Waals surface area (Å²) in [7, 11) is 0. The molecule has 2 aromatic carbocycles. The van der Waals surface area contributed by atoms with Crippen molar-refractivity contribution in [1.82, 2.24) is 14.9 Å². The Hall–Kier alpha value is -2.51. The summed E-state index contributed by atoms with van der Waals surface area (Å²) in [4.78, 5) is 0. The number of hydrogen-bond donors (Lipinski definition) is 1. The number of rotatable bonds is 5. The maximum atomic E-state index is 13.7. The Bertz CT molecular complexity index is 900. The quantitative estimate of drug-likeness (QED) is 0.547. The first-order chi connectivity index (χ1) is 11.6. The van der Waals surface area contributed by atoms with E-state index in [1.807, 2.05) is 12.1 Å². The van der Waals surface area contributed by atoms with Gasteiger partial charge >= 0.3 is 0 Å². The van der Waals surface area contributed by atoms with Gasteiger partial charge in [0.05, 0.1) is 11.2 Å². The first kappa shape index (κ1) is 16.4. The second kappa shape index (κ2) is 7.37. The van der Waals surface area contributed by atoms with E-state index in [2.05, 4.69) is 15.3 Å². The summed E-state index contributed by atoms with van der Waals surface area (Å²) in [6.45, 7) is 0.0587. The minimum absolute atomic E-state index is 0.0587. The number of H-pyrrole nitrogens is 1. The van der Waals surface area contributed by atoms with Crippen LogP contribution in [-0.4, -0.2) is 21.1 Å². The van der Waals surface area contributed by atoms with Crippen LogP contribution in [0.25, 0.3) is 0 Å². The van der Waals surface area contributed by atoms with Crippen molar-refractivity contribution in [3.8, 4) is 5.75 Å². The van der Waals surface area contributed by atoms with Gasteiger partial charge in [-0.25, -0.2) is 4.39 Å². The van der Waals surface area contributed by atoms with Gasteiger partial charge in [-0.1, -0.05) is 17.7 Å². The molecule has 1 aromatic heterocycles. The number of nitrogens with one attached hydrogen (secondary N) is 1. The molecule has 0 unspecified atom stereocenters. The van der Waals surface area contributed by atoms with Crippen LogP contribution in [0.15, 0.2) is 53.9 Å². The number of halogens is 2. The molecule has 0 aliphatic heterocycles. The van der Waals surface area contributed by atoms with E-state index in [0.717, 1.165) is 5.56 Å². The molecule has 122 valence electrons. The summed E-state index contributed by atoms with van der Waals surface area (Å²) in [5.41, 5.74) is 1.19. The zero-order chi connectivity index (χ0) is 16.9. The van der Waals surface area contributed by atoms with E-state index in [1.54, 1.807) is 30.5 Å². The van der Waals surface area contributed by atoms with Crippen molar-refractivity contribution in [2.45, 2.75) is 6.61 Å². The predicted molar refractivity (Wildman–Crippen MR) is 92.6 cm³/mol. The number of benzene rings is 2. The number of nitrogens with zero attached hydrogens (tertiary/aromatic N) is 3. The van der Waals surface area contributed by atoms with Crippen LogP contribution in [0, 0.1) is 10.6 Å². The third kappa shape index (κ3) is 3.87. The lowest BCUT2D eigenvalue weighted by Gasteiger charge is -2.08. The van der Waals surface area contributed by atoms with Crippen molar-refractivity contribution in [3.63, 3.8) is 0 Å². The van der Waals surface area contributed by atoms with Crippen LogP contribution in [0.4, 0.5) is 4.39 Å². The van der Waals surface area contributed by atoms with E-state index in [4.69, 9.17) is 28.6 Å². The number of aromatic nitrogens is 3. The Labute approximate surface area is 147 Å². The van der Waals surface area contributed by atoms with Crippen LogP contribution < -0.4 is 4.74 Å². The molecular weight excluding hydrogens is 351 g/mol. The summed E-state index contributed by atoms with van der Waals surface area (Å²) in [6, 6.07) is 11.7. The number of aromatic amines is 1. The third-order valence-corrected chi connectivity index (χ3v) is 3.82. The molecule has 1 heterocycles. The second-order valence-corrected chi connectivity index (χ2v) is 5.60. The molecule has 0 atom stereocenters. The summed E-state index contributed by atoms with van der Waals surface area (Å²) in [6.07, 6.45) is 3.12. The fourth-order valence-corrected chi connectivity index (χ4v) is 2.29. The standard InChI is InChI=1S/C16H12ClFN4OS/c17-14-2-1-3-15(18)13(14)9-23-12-6-4-11(5-7-12)8-20-22-10-19-21-16(22)24/h1-8,10H,9H2,(H,21,24)/b20-8+. The molecule has 0 bridgehead atoms. The highest BCUT2D eigenvalue weighted by Crippen LogP contribution is 2.21. The molecule has 5 nitrogen and oxygen atoms in total. The van der Waals surface area contributed by atoms with Crippen LogP contribution >= 0.6 is 23.8 Å². The van der Waals surface area contributed by atoms with Gasteiger partial charge in [0.1, 0.15) is 24.5 Å². The molecule has 24 heavy (non-hydrogen) atoms. The largest absolute Gasteiger partial charge is 0.489 e. The fraction of sp³-hybridized carbons (Fsp3) is 0.0625. The minimum atomic E-state index is -0.386. The van der Waals surface area contributed by atoms with Gasteiger partial charge in [0.15, 0.2) is 0 Å². The van der Waals surface area contributed by atoms with E-state index in [0.29, 0.717) is 21.1 Å². The Morgan fingerprint density at radius 3 is 2.75 bits per heavy atom. The summed E-state index contributed by atoms with van der Waals surface area (Å²) < 4.78 is 21.1. The molecule has 0 saturated heterocycles. The summed E-state index contributed by atoms with van der Waals surface area (Å²) >= 11 is 11.0. The molecule has 3 aromatic rings. The molecule has 1 N–H and O–H groups in total. The molecule has 8 heteroatoms. The van der Waals surface area contributed by atoms with Gasteiger partial charge in [0, 0.05) is 5.56 Å². The van der Waals surface area contributed by atoms with Crippen LogP contribution in [-0.2, 0) is 6.61 Å². The van der Waals surface area contributed by atoms with E-state index >= 15 is 0 Å². The van der Waals surface area contributed by atoms with E-state index in [1.165, 1.54) is 17.1 Å². The van der Waals surface area contributed by atoms with E-state index in [-0.39, 0.29) is 12.4 Å². The van der Waals surface area contributed by atoms with Gasteiger partial charge in [-0.05, 0) is 54.2 Å². The molecule has 0 amide bonds. The average molecular weight is 363 g/mol. The van der Waals surface area contributed by atoms with Crippen molar-refractivity contribution in [2.24, 2.45) is 5.10 Å². The van der Waals surface area contributed by atoms with E-state index in [9.17, 15) is 4.39 Å². The van der Waals surface area contributed by atoms with Crippen molar-refractivity contribution < 1.29 is 9.13 Å². The highest BCUT2D eigenvalue weighted by atomic mass is 35.5. The van der Waals surface area contributed by atoms with Gasteiger partial charge in [-0.15, -0.1) is 0 Å². The first-order valence-corrected chi connectivity index (χ1v) is 7.74. The van der Waals surface area contributed by atoms with Gasteiger partial charge < -0.3 is 4.74 Å². The SMILES string of the molecule is Fc1cccc(Cl)c1COc1ccc(/C=N/n2cn[nH]c2=S)cc1. The van der Waals surface area contributed by atoms with Crippen molar-refractivity contribution in [2.75, 3.05) is 0 Å². The van der Waals surface area contributed by atoms with Crippen molar-refractivity contribution >= 4 is 30.0 Å². The molecule has 3 rings (SSSR count). The predicted octanol–water partition coefficient (Wildman–Crippen LogP) is 4.19. The Morgan fingerprint density at radius 2 is 2.08 bits per heavy atom. The molecule has 0 aliphatic rings. The molecular formula is C16H12ClFN4OS. The highest BCUT2D eigenvalue weighted by Gasteiger charge is 2.07. The first-order valence-electron chi connectivity index (χ1n) is 6.95. The van der Waals surface area contributed by atoms with Gasteiger partial charge in [0.2, 0.25) is 4.77 Å². The number of hydrogen-bond acceptors (Lipinski definition) is 4. The van der Waals surface area contributed by atoms with Crippen molar-refractivity contribution in [1.29, 1.82) is 0 Å². The zero-order valence-electron chi connectivity index (χ0n) is 12.3. The Morgan fingerprint density at radius 1 is 1.29 bits per heavy atom. The van der Waals surface area contributed by atoms with Gasteiger partial charge in [0.25, 0.3) is 0 Å². The Kier molecular flexibility index (Phi) is 5.02. The van der Waals surface area contributed by atoms with Crippen LogP contribution in [0.2, 0.25) is 5.02 Å². The monoisotopic (exact) mass is 362 g/mol. The second-order valence-electron chi connectivity index (χ2n) is 4.81. The van der Waals surface area contributed by atoms with E-state index < -0.39 is 0 Å². The molecule has 0 aliphatic carbocycles. The molecule has 0 radical (unpaired) electrons. The smallest absolute Gasteiger partial charge is 0.216 e. The van der Waals surface area contributed by atoms with Crippen LogP contribution in [0.5, 0.6) is 5.75 Å². The maximum Gasteiger partial charge on any atom is 0.216 e. The lowest BCUT2D eigenvalue weighted by Crippen LogP contribution is -1.99. The number of ether oxygens (including phenoxy) is 1. The molecule has 0 fully saturated rings. The minimum Gasteiger partial charge on any atom is -0.489 e. The fourth-order valence-electron chi connectivity index (χ4n) is 1.93. The topological polar surface area (TPSA) is 55.2 Å². The third-order valence-electron chi connectivity index (χ3n) is 3.19. The Balaban J connectivity index is 1.66. The highest BCUT2D eigenvalue weighted by molar-refractivity contribution is 7.71. The van der Waals surface area contributed by atoms with Crippen LogP contribution in [0.3, 0.4) is 0 Å². The normalized spacial score (nSPS) is 11.1. The lowest BCUT2D eigenvalue weighted by atomic mass is 10.2. The zero-order valence-corrected chi connectivity index (χ0v) is 13.9. The van der Waals surface area contributed by atoms with Gasteiger partial charge in [-0.3, -0.25) is 5.10 Å². The molecule has 0 spiro atoms. The van der Waals surface area contributed by atoms with Crippen molar-refractivity contribution in [3.05, 3.63) is 75.5 Å². The average Bonchev–Trinajstić information content (AvgIpc) is 2.99. The summed E-state index contributed by atoms with van der Waals surface area (Å²) in [5.74, 6) is 0.217. The van der Waals surface area contributed by atoms with Gasteiger partial charge in [-0.2, -0.15) is 14.9 Å².